The fourth-order valence-corrected chi connectivity index (χ4v) is 3.82. The van der Waals surface area contributed by atoms with Crippen LogP contribution in [0.4, 0.5) is 0 Å². The lowest BCUT2D eigenvalue weighted by Gasteiger charge is -2.12. The summed E-state index contributed by atoms with van der Waals surface area (Å²) < 4.78 is 12.2. The first-order valence-corrected chi connectivity index (χ1v) is 10.3. The van der Waals surface area contributed by atoms with Crippen LogP contribution in [0.3, 0.4) is 0 Å². The molecule has 3 aromatic rings. The van der Waals surface area contributed by atoms with E-state index < -0.39 is 5.25 Å². The van der Waals surface area contributed by atoms with Gasteiger partial charge in [0.15, 0.2) is 10.9 Å². The number of aromatic nitrogens is 3. The van der Waals surface area contributed by atoms with Crippen molar-refractivity contribution in [2.75, 3.05) is 6.61 Å². The molecule has 0 fully saturated rings. The van der Waals surface area contributed by atoms with Crippen molar-refractivity contribution in [2.24, 2.45) is 0 Å². The van der Waals surface area contributed by atoms with E-state index in [4.69, 9.17) is 20.8 Å². The van der Waals surface area contributed by atoms with Crippen molar-refractivity contribution in [3.8, 4) is 0 Å². The molecule has 9 heteroatoms. The quantitative estimate of drug-likeness (QED) is 0.286. The molecule has 0 saturated carbocycles. The standard InChI is InChI=1S/C20H20ClN3O4S/c1-3-27-18(25)11-17-22-23-20(24(17)12-16-8-5-9-28-16)29-13(2)19(26)14-6-4-7-15(21)10-14/h4-10,13H,3,11-12H2,1-2H3. The summed E-state index contributed by atoms with van der Waals surface area (Å²) in [5, 5.41) is 8.92. The lowest BCUT2D eigenvalue weighted by Crippen LogP contribution is -2.16. The number of furan rings is 1. The van der Waals surface area contributed by atoms with Gasteiger partial charge in [-0.25, -0.2) is 0 Å². The minimum absolute atomic E-state index is 0.0151. The number of ether oxygens (including phenoxy) is 1. The highest BCUT2D eigenvalue weighted by atomic mass is 35.5. The zero-order valence-corrected chi connectivity index (χ0v) is 17.6. The fraction of sp³-hybridized carbons (Fsp3) is 0.300. The number of nitrogens with zero attached hydrogens (tertiary/aromatic N) is 3. The summed E-state index contributed by atoms with van der Waals surface area (Å²) in [4.78, 5) is 24.7. The molecule has 0 bridgehead atoms. The van der Waals surface area contributed by atoms with Crippen LogP contribution in [0.2, 0.25) is 5.02 Å². The van der Waals surface area contributed by atoms with Gasteiger partial charge in [0, 0.05) is 10.6 Å². The monoisotopic (exact) mass is 433 g/mol. The molecule has 1 atom stereocenters. The number of Topliss-reactive ketones (excluding diaryl/α,β-unsaturated/α-hetero) is 1. The lowest BCUT2D eigenvalue weighted by atomic mass is 10.1. The highest BCUT2D eigenvalue weighted by Gasteiger charge is 2.23. The Labute approximate surface area is 177 Å². The smallest absolute Gasteiger partial charge is 0.313 e. The number of hydrogen-bond acceptors (Lipinski definition) is 7. The van der Waals surface area contributed by atoms with Crippen LogP contribution in [0.25, 0.3) is 0 Å². The summed E-state index contributed by atoms with van der Waals surface area (Å²) in [6, 6.07) is 10.4. The maximum absolute atomic E-state index is 12.8. The third-order valence-electron chi connectivity index (χ3n) is 4.06. The van der Waals surface area contributed by atoms with Crippen LogP contribution in [0.15, 0.2) is 52.2 Å². The van der Waals surface area contributed by atoms with Gasteiger partial charge in [0.2, 0.25) is 0 Å². The molecule has 3 rings (SSSR count). The molecule has 0 saturated heterocycles. The first-order chi connectivity index (χ1) is 14.0. The van der Waals surface area contributed by atoms with Gasteiger partial charge in [0.05, 0.1) is 24.7 Å². The lowest BCUT2D eigenvalue weighted by molar-refractivity contribution is -0.142. The predicted molar refractivity (Wildman–Crippen MR) is 109 cm³/mol. The van der Waals surface area contributed by atoms with Gasteiger partial charge >= 0.3 is 5.97 Å². The van der Waals surface area contributed by atoms with Crippen molar-refractivity contribution < 1.29 is 18.7 Å². The molecule has 2 heterocycles. The normalized spacial score (nSPS) is 12.0. The second-order valence-corrected chi connectivity index (χ2v) is 7.93. The maximum atomic E-state index is 12.8. The highest BCUT2D eigenvalue weighted by Crippen LogP contribution is 2.27. The summed E-state index contributed by atoms with van der Waals surface area (Å²) in [7, 11) is 0. The van der Waals surface area contributed by atoms with Crippen LogP contribution in [0.1, 0.15) is 35.8 Å². The fourth-order valence-electron chi connectivity index (χ4n) is 2.68. The van der Waals surface area contributed by atoms with Gasteiger partial charge in [-0.15, -0.1) is 10.2 Å². The van der Waals surface area contributed by atoms with Crippen molar-refractivity contribution in [1.29, 1.82) is 0 Å². The molecule has 0 N–H and O–H groups in total. The minimum atomic E-state index is -0.427. The Morgan fingerprint density at radius 2 is 2.10 bits per heavy atom. The molecule has 7 nitrogen and oxygen atoms in total. The van der Waals surface area contributed by atoms with Gasteiger partial charge < -0.3 is 9.15 Å². The van der Waals surface area contributed by atoms with E-state index in [0.29, 0.717) is 33.9 Å². The van der Waals surface area contributed by atoms with E-state index in [1.807, 2.05) is 6.07 Å². The van der Waals surface area contributed by atoms with Gasteiger partial charge in [0.1, 0.15) is 18.0 Å². The third-order valence-corrected chi connectivity index (χ3v) is 5.37. The van der Waals surface area contributed by atoms with Crippen LogP contribution < -0.4 is 0 Å². The van der Waals surface area contributed by atoms with Crippen molar-refractivity contribution in [2.45, 2.75) is 37.2 Å². The van der Waals surface area contributed by atoms with Crippen LogP contribution in [-0.2, 0) is 22.5 Å². The molecule has 0 radical (unpaired) electrons. The van der Waals surface area contributed by atoms with E-state index in [1.54, 1.807) is 55.0 Å². The number of esters is 1. The van der Waals surface area contributed by atoms with Crippen LogP contribution in [0.5, 0.6) is 0 Å². The number of ketones is 1. The van der Waals surface area contributed by atoms with E-state index >= 15 is 0 Å². The maximum Gasteiger partial charge on any atom is 0.313 e. The molecule has 29 heavy (non-hydrogen) atoms. The van der Waals surface area contributed by atoms with Crippen LogP contribution in [0, 0.1) is 0 Å². The van der Waals surface area contributed by atoms with Crippen molar-refractivity contribution in [3.63, 3.8) is 0 Å². The summed E-state index contributed by atoms with van der Waals surface area (Å²) in [6.07, 6.45) is 1.56. The molecule has 1 unspecified atom stereocenters. The summed E-state index contributed by atoms with van der Waals surface area (Å²) >= 11 is 7.26. The van der Waals surface area contributed by atoms with Crippen molar-refractivity contribution in [1.82, 2.24) is 14.8 Å². The van der Waals surface area contributed by atoms with Gasteiger partial charge in [-0.2, -0.15) is 0 Å². The first kappa shape index (κ1) is 21.1. The van der Waals surface area contributed by atoms with Gasteiger partial charge in [0.25, 0.3) is 0 Å². The number of carbonyl (C=O) groups excluding carboxylic acids is 2. The number of thioether (sulfide) groups is 1. The Morgan fingerprint density at radius 3 is 2.79 bits per heavy atom. The largest absolute Gasteiger partial charge is 0.467 e. The second-order valence-electron chi connectivity index (χ2n) is 6.18. The van der Waals surface area contributed by atoms with Gasteiger partial charge in [-0.3, -0.25) is 14.2 Å². The average Bonchev–Trinajstić information content (AvgIpc) is 3.33. The SMILES string of the molecule is CCOC(=O)Cc1nnc(SC(C)C(=O)c2cccc(Cl)c2)n1Cc1ccco1. The zero-order valence-electron chi connectivity index (χ0n) is 16.0. The van der Waals surface area contributed by atoms with Gasteiger partial charge in [-0.05, 0) is 38.1 Å². The molecule has 152 valence electrons. The molecule has 1 aromatic carbocycles. The second kappa shape index (κ2) is 9.76. The number of benzene rings is 1. The molecule has 0 aliphatic heterocycles. The summed E-state index contributed by atoms with van der Waals surface area (Å²) in [6.45, 7) is 4.17. The Balaban J connectivity index is 1.82. The Hall–Kier alpha value is -2.58. The van der Waals surface area contributed by atoms with E-state index in [1.165, 1.54) is 11.8 Å². The Kier molecular flexibility index (Phi) is 7.11. The Morgan fingerprint density at radius 1 is 1.28 bits per heavy atom. The predicted octanol–water partition coefficient (Wildman–Crippen LogP) is 4.04. The highest BCUT2D eigenvalue weighted by molar-refractivity contribution is 8.00. The van der Waals surface area contributed by atoms with Gasteiger partial charge in [-0.1, -0.05) is 35.5 Å². The molecule has 2 aromatic heterocycles. The van der Waals surface area contributed by atoms with E-state index in [9.17, 15) is 9.59 Å². The number of hydrogen-bond donors (Lipinski definition) is 0. The molecular weight excluding hydrogens is 414 g/mol. The van der Waals surface area contributed by atoms with Crippen LogP contribution >= 0.6 is 23.4 Å². The molecular formula is C20H20ClN3O4S. The summed E-state index contributed by atoms with van der Waals surface area (Å²) in [5.41, 5.74) is 0.529. The van der Waals surface area contributed by atoms with Crippen molar-refractivity contribution in [3.05, 3.63) is 64.8 Å². The zero-order chi connectivity index (χ0) is 20.8. The first-order valence-electron chi connectivity index (χ1n) is 9.04. The topological polar surface area (TPSA) is 87.2 Å². The number of halogens is 1. The molecule has 0 aliphatic rings. The van der Waals surface area contributed by atoms with Crippen molar-refractivity contribution >= 4 is 35.1 Å². The Bertz CT molecular complexity index is 988. The van der Waals surface area contributed by atoms with E-state index in [2.05, 4.69) is 10.2 Å². The molecule has 0 spiro atoms. The molecule has 0 aliphatic carbocycles. The number of carbonyl (C=O) groups is 2. The third kappa shape index (κ3) is 5.48. The minimum Gasteiger partial charge on any atom is -0.467 e. The summed E-state index contributed by atoms with van der Waals surface area (Å²) in [5.74, 6) is 0.674. The van der Waals surface area contributed by atoms with E-state index in [-0.39, 0.29) is 24.8 Å². The number of rotatable bonds is 9. The molecule has 0 amide bonds. The van der Waals surface area contributed by atoms with E-state index in [0.717, 1.165) is 0 Å². The average molecular weight is 434 g/mol. The van der Waals surface area contributed by atoms with Crippen LogP contribution in [-0.4, -0.2) is 38.4 Å².